The first-order chi connectivity index (χ1) is 21.4. The zero-order valence-electron chi connectivity index (χ0n) is 24.7. The van der Waals surface area contributed by atoms with Crippen LogP contribution in [0.5, 0.6) is 0 Å². The Labute approximate surface area is 254 Å². The lowest BCUT2D eigenvalue weighted by molar-refractivity contribution is -0.137. The van der Waals surface area contributed by atoms with Gasteiger partial charge in [0.05, 0.1) is 6.33 Å². The molecule has 1 amide bonds. The van der Waals surface area contributed by atoms with E-state index in [9.17, 15) is 15.0 Å². The van der Waals surface area contributed by atoms with Crippen molar-refractivity contribution < 1.29 is 19.7 Å². The quantitative estimate of drug-likeness (QED) is 0.191. The Morgan fingerprint density at radius 2 is 1.82 bits per heavy atom. The van der Waals surface area contributed by atoms with Gasteiger partial charge in [0.15, 0.2) is 29.3 Å². The summed E-state index contributed by atoms with van der Waals surface area (Å²) < 4.78 is 9.68. The number of aliphatic hydroxyl groups is 2. The monoisotopic (exact) mass is 596 g/mol. The first-order valence-corrected chi connectivity index (χ1v) is 14.9. The summed E-state index contributed by atoms with van der Waals surface area (Å²) in [7, 11) is 4.13. The summed E-state index contributed by atoms with van der Waals surface area (Å²) in [5.74, 6) is 0.125. The number of fused-ring (bicyclic) bond motifs is 2. The van der Waals surface area contributed by atoms with Gasteiger partial charge in [-0.1, -0.05) is 36.4 Å². The van der Waals surface area contributed by atoms with Gasteiger partial charge in [-0.25, -0.2) is 15.0 Å². The lowest BCUT2D eigenvalue weighted by Gasteiger charge is -2.18. The van der Waals surface area contributed by atoms with Crippen molar-refractivity contribution in [2.45, 2.75) is 56.4 Å². The van der Waals surface area contributed by atoms with Crippen molar-refractivity contribution >= 4 is 39.5 Å². The molecule has 12 nitrogen and oxygen atoms in total. The molecular weight excluding hydrogens is 560 g/mol. The fourth-order valence-corrected chi connectivity index (χ4v) is 6.02. The highest BCUT2D eigenvalue weighted by atomic mass is 16.6. The summed E-state index contributed by atoms with van der Waals surface area (Å²) in [4.78, 5) is 28.0. The summed E-state index contributed by atoms with van der Waals surface area (Å²) in [5, 5.41) is 28.8. The molecule has 1 aliphatic carbocycles. The second-order valence-electron chi connectivity index (χ2n) is 11.8. The maximum Gasteiger partial charge on any atom is 0.252 e. The van der Waals surface area contributed by atoms with Crippen molar-refractivity contribution in [1.29, 1.82) is 0 Å². The molecule has 2 aromatic carbocycles. The first kappa shape index (κ1) is 28.3. The molecule has 7 rings (SSSR count). The van der Waals surface area contributed by atoms with Crippen molar-refractivity contribution in [3.8, 4) is 0 Å². The maximum atomic E-state index is 12.6. The second-order valence-corrected chi connectivity index (χ2v) is 11.8. The molecule has 4 atom stereocenters. The molecule has 228 valence electrons. The molecule has 1 saturated carbocycles. The van der Waals surface area contributed by atoms with Gasteiger partial charge in [-0.15, -0.1) is 0 Å². The summed E-state index contributed by atoms with van der Waals surface area (Å²) in [6.07, 6.45) is 2.83. The molecule has 4 heterocycles. The van der Waals surface area contributed by atoms with Gasteiger partial charge in [0.2, 0.25) is 0 Å². The number of ether oxygens (including phenoxy) is 1. The summed E-state index contributed by atoms with van der Waals surface area (Å²) in [6.45, 7) is 1.37. The normalized spacial score (nSPS) is 21.6. The highest BCUT2D eigenvalue weighted by molar-refractivity contribution is 5.85. The second kappa shape index (κ2) is 11.5. The zero-order chi connectivity index (χ0) is 30.4. The predicted molar refractivity (Wildman–Crippen MR) is 166 cm³/mol. The number of anilines is 2. The van der Waals surface area contributed by atoms with Gasteiger partial charge in [0.1, 0.15) is 18.5 Å². The number of nitrogens with one attached hydrogen (secondary N) is 2. The molecule has 0 unspecified atom stereocenters. The van der Waals surface area contributed by atoms with Crippen molar-refractivity contribution in [2.75, 3.05) is 30.9 Å². The van der Waals surface area contributed by atoms with E-state index >= 15 is 0 Å². The molecule has 12 heteroatoms. The standard InChI is InChI=1S/C32H36N8O4/c1-38(2)23-9-5-3-7-20(23)16-39-15-19(22-8-4-6-10-24(22)39)13-14-33-29-25-30(35-17-34-29)40(18-36-25)32-27(42)26(41)28(44-32)31(43)37-21-11-12-21/h3-10,15,17-18,21,26-28,32,41-42H,11-14,16H2,1-2H3,(H,37,43)(H,33,34,35)/t26-,27+,28-,32+/m0/s1. The Balaban J connectivity index is 1.08. The van der Waals surface area contributed by atoms with Gasteiger partial charge in [-0.05, 0) is 42.5 Å². The van der Waals surface area contributed by atoms with Crippen molar-refractivity contribution in [3.05, 3.63) is 78.5 Å². The van der Waals surface area contributed by atoms with E-state index in [2.05, 4.69) is 104 Å². The number of rotatable bonds is 10. The van der Waals surface area contributed by atoms with Gasteiger partial charge in [0, 0.05) is 56.0 Å². The van der Waals surface area contributed by atoms with Crippen LogP contribution in [0.2, 0.25) is 0 Å². The van der Waals surface area contributed by atoms with E-state index in [-0.39, 0.29) is 6.04 Å². The lowest BCUT2D eigenvalue weighted by atomic mass is 10.1. The average Bonchev–Trinajstić information content (AvgIpc) is 3.51. The van der Waals surface area contributed by atoms with E-state index in [1.54, 1.807) is 4.57 Å². The van der Waals surface area contributed by atoms with Crippen LogP contribution in [0.4, 0.5) is 11.5 Å². The minimum absolute atomic E-state index is 0.112. The number of imidazole rings is 1. The number of benzene rings is 2. The molecule has 1 saturated heterocycles. The van der Waals surface area contributed by atoms with Crippen LogP contribution in [0.25, 0.3) is 22.1 Å². The smallest absolute Gasteiger partial charge is 0.252 e. The number of amides is 1. The van der Waals surface area contributed by atoms with Crippen molar-refractivity contribution in [1.82, 2.24) is 29.4 Å². The predicted octanol–water partition coefficient (Wildman–Crippen LogP) is 2.45. The van der Waals surface area contributed by atoms with Crippen LogP contribution in [0, 0.1) is 0 Å². The van der Waals surface area contributed by atoms with Crippen molar-refractivity contribution in [2.24, 2.45) is 0 Å². The Kier molecular flexibility index (Phi) is 7.40. The minimum atomic E-state index is -1.37. The summed E-state index contributed by atoms with van der Waals surface area (Å²) in [6, 6.07) is 17.0. The zero-order valence-corrected chi connectivity index (χ0v) is 24.7. The number of aliphatic hydroxyl groups excluding tert-OH is 2. The van der Waals surface area contributed by atoms with E-state index < -0.39 is 30.4 Å². The molecule has 0 radical (unpaired) electrons. The van der Waals surface area contributed by atoms with Gasteiger partial charge in [-0.2, -0.15) is 0 Å². The van der Waals surface area contributed by atoms with E-state index in [1.807, 2.05) is 0 Å². The number of nitrogens with zero attached hydrogens (tertiary/aromatic N) is 6. The third-order valence-corrected chi connectivity index (χ3v) is 8.43. The molecule has 0 spiro atoms. The lowest BCUT2D eigenvalue weighted by Crippen LogP contribution is -2.43. The van der Waals surface area contributed by atoms with Crippen LogP contribution in [-0.4, -0.2) is 85.2 Å². The molecule has 3 aromatic heterocycles. The van der Waals surface area contributed by atoms with Crippen LogP contribution in [-0.2, 0) is 22.5 Å². The average molecular weight is 597 g/mol. The number of hydrogen-bond donors (Lipinski definition) is 4. The molecule has 4 N–H and O–H groups in total. The fraction of sp³-hybridized carbons (Fsp3) is 0.375. The highest BCUT2D eigenvalue weighted by Gasteiger charge is 2.48. The number of carbonyl (C=O) groups is 1. The van der Waals surface area contributed by atoms with Crippen LogP contribution < -0.4 is 15.5 Å². The number of carbonyl (C=O) groups excluding carboxylic acids is 1. The molecule has 44 heavy (non-hydrogen) atoms. The maximum absolute atomic E-state index is 12.6. The SMILES string of the molecule is CN(C)c1ccccc1Cn1cc(CCNc2ncnc3c2ncn3[C@@H]2O[C@H](C(=O)NC3CC3)[C@@H](O)[C@H]2O)c2ccccc21. The van der Waals surface area contributed by atoms with E-state index in [1.165, 1.54) is 40.4 Å². The van der Waals surface area contributed by atoms with Gasteiger partial charge >= 0.3 is 0 Å². The largest absolute Gasteiger partial charge is 0.387 e. The highest BCUT2D eigenvalue weighted by Crippen LogP contribution is 2.33. The fourth-order valence-electron chi connectivity index (χ4n) is 6.02. The third kappa shape index (κ3) is 5.25. The van der Waals surface area contributed by atoms with Crippen LogP contribution in [0.1, 0.15) is 30.2 Å². The number of para-hydroxylation sites is 2. The van der Waals surface area contributed by atoms with Crippen molar-refractivity contribution in [3.63, 3.8) is 0 Å². The van der Waals surface area contributed by atoms with Gasteiger partial charge < -0.3 is 35.1 Å². The number of hydrogen-bond acceptors (Lipinski definition) is 9. The Morgan fingerprint density at radius 3 is 2.64 bits per heavy atom. The van der Waals surface area contributed by atoms with Crippen LogP contribution >= 0.6 is 0 Å². The van der Waals surface area contributed by atoms with Gasteiger partial charge in [0.25, 0.3) is 5.91 Å². The molecule has 0 bridgehead atoms. The Bertz CT molecular complexity index is 1810. The van der Waals surface area contributed by atoms with Crippen LogP contribution in [0.3, 0.4) is 0 Å². The molecule has 2 aliphatic rings. The molecule has 5 aromatic rings. The van der Waals surface area contributed by atoms with Gasteiger partial charge in [-0.3, -0.25) is 9.36 Å². The Morgan fingerprint density at radius 1 is 1.02 bits per heavy atom. The van der Waals surface area contributed by atoms with Crippen LogP contribution in [0.15, 0.2) is 67.4 Å². The Hall–Kier alpha value is -4.52. The minimum Gasteiger partial charge on any atom is -0.387 e. The number of aromatic nitrogens is 5. The molecule has 2 fully saturated rings. The summed E-state index contributed by atoms with van der Waals surface area (Å²) in [5.41, 5.74) is 5.78. The third-order valence-electron chi connectivity index (χ3n) is 8.43. The molecular formula is C32H36N8O4. The molecule has 1 aliphatic heterocycles. The first-order valence-electron chi connectivity index (χ1n) is 14.9. The van der Waals surface area contributed by atoms with E-state index in [0.29, 0.717) is 23.5 Å². The summed E-state index contributed by atoms with van der Waals surface area (Å²) >= 11 is 0. The van der Waals surface area contributed by atoms with E-state index in [4.69, 9.17) is 4.74 Å². The topological polar surface area (TPSA) is 143 Å². The van der Waals surface area contributed by atoms with E-state index in [0.717, 1.165) is 25.8 Å².